The molecule has 2 aliphatic carbocycles. The molecule has 5 heteroatoms. The average Bonchev–Trinajstić information content (AvgIpc) is 3.99. The summed E-state index contributed by atoms with van der Waals surface area (Å²) in [4.78, 5) is 15.8. The van der Waals surface area contributed by atoms with E-state index in [1.54, 1.807) is 0 Å². The van der Waals surface area contributed by atoms with Gasteiger partial charge in [-0.2, -0.15) is 9.97 Å². The Morgan fingerprint density at radius 2 is 0.965 bits per heavy atom. The van der Waals surface area contributed by atoms with Gasteiger partial charge in [0.1, 0.15) is 11.2 Å². The van der Waals surface area contributed by atoms with E-state index >= 15 is 0 Å². The molecule has 0 amide bonds. The second kappa shape index (κ2) is 11.2. The van der Waals surface area contributed by atoms with E-state index in [4.69, 9.17) is 19.4 Å². The van der Waals surface area contributed by atoms with Crippen LogP contribution in [0.1, 0.15) is 22.3 Å². The number of hydrogen-bond acceptors (Lipinski definition) is 4. The van der Waals surface area contributed by atoms with E-state index in [1.807, 2.05) is 42.5 Å². The molecule has 13 rings (SSSR count). The molecule has 11 aromatic rings. The highest BCUT2D eigenvalue weighted by Gasteiger charge is 2.51. The summed E-state index contributed by atoms with van der Waals surface area (Å²) in [5.74, 6) is 1.70. The maximum atomic E-state index is 6.54. The number of benzene rings is 8. The Bertz CT molecular complexity index is 3440. The first-order valence-corrected chi connectivity index (χ1v) is 19.4. The first kappa shape index (κ1) is 30.7. The highest BCUT2D eigenvalue weighted by atomic mass is 16.3. The second-order valence-corrected chi connectivity index (χ2v) is 15.1. The molecule has 3 heterocycles. The van der Waals surface area contributed by atoms with Crippen LogP contribution in [0.5, 0.6) is 0 Å². The summed E-state index contributed by atoms with van der Waals surface area (Å²) in [6, 6.07) is 64.8. The van der Waals surface area contributed by atoms with E-state index in [1.165, 1.54) is 44.5 Å². The number of furan rings is 1. The lowest BCUT2D eigenvalue weighted by Crippen LogP contribution is -2.25. The third-order valence-corrected chi connectivity index (χ3v) is 12.3. The van der Waals surface area contributed by atoms with Crippen molar-refractivity contribution < 1.29 is 4.42 Å². The minimum Gasteiger partial charge on any atom is -0.455 e. The van der Waals surface area contributed by atoms with Crippen molar-refractivity contribution in [2.24, 2.45) is 0 Å². The molecule has 5 nitrogen and oxygen atoms in total. The Balaban J connectivity index is 1.14. The summed E-state index contributed by atoms with van der Waals surface area (Å²) < 4.78 is 8.78. The fraction of sp³-hybridized carbons (Fsp3) is 0.0192. The lowest BCUT2D eigenvalue weighted by atomic mass is 9.70. The Morgan fingerprint density at radius 3 is 1.72 bits per heavy atom. The van der Waals surface area contributed by atoms with Crippen molar-refractivity contribution in [2.75, 3.05) is 0 Å². The molecule has 264 valence electrons. The highest BCUT2D eigenvalue weighted by molar-refractivity contribution is 6.13. The number of hydrogen-bond donors (Lipinski definition) is 0. The molecule has 8 aromatic carbocycles. The van der Waals surface area contributed by atoms with Crippen LogP contribution in [0.2, 0.25) is 0 Å². The van der Waals surface area contributed by atoms with Gasteiger partial charge in [0.05, 0.1) is 22.0 Å². The fourth-order valence-corrected chi connectivity index (χ4v) is 9.99. The first-order valence-electron chi connectivity index (χ1n) is 19.4. The molecule has 57 heavy (non-hydrogen) atoms. The maximum Gasteiger partial charge on any atom is 0.238 e. The van der Waals surface area contributed by atoms with Crippen LogP contribution in [0.25, 0.3) is 94.7 Å². The van der Waals surface area contributed by atoms with Crippen LogP contribution in [-0.2, 0) is 5.41 Å². The van der Waals surface area contributed by atoms with Crippen molar-refractivity contribution >= 4 is 43.7 Å². The average molecular weight is 727 g/mol. The minimum atomic E-state index is -0.481. The van der Waals surface area contributed by atoms with E-state index in [0.29, 0.717) is 17.6 Å². The smallest absolute Gasteiger partial charge is 0.238 e. The van der Waals surface area contributed by atoms with E-state index in [2.05, 4.69) is 144 Å². The van der Waals surface area contributed by atoms with E-state index < -0.39 is 5.41 Å². The summed E-state index contributed by atoms with van der Waals surface area (Å²) in [5.41, 5.74) is 15.2. The van der Waals surface area contributed by atoms with Gasteiger partial charge in [0, 0.05) is 27.1 Å². The van der Waals surface area contributed by atoms with Crippen molar-refractivity contribution in [3.63, 3.8) is 0 Å². The van der Waals surface area contributed by atoms with Gasteiger partial charge in [0.15, 0.2) is 11.6 Å². The lowest BCUT2D eigenvalue weighted by molar-refractivity contribution is 0.669. The van der Waals surface area contributed by atoms with Crippen molar-refractivity contribution in [1.82, 2.24) is 19.5 Å². The van der Waals surface area contributed by atoms with Gasteiger partial charge in [-0.05, 0) is 74.8 Å². The third kappa shape index (κ3) is 3.99. The molecule has 0 atom stereocenters. The number of rotatable bonds is 3. The van der Waals surface area contributed by atoms with E-state index in [-0.39, 0.29) is 0 Å². The predicted octanol–water partition coefficient (Wildman–Crippen LogP) is 12.5. The fourth-order valence-electron chi connectivity index (χ4n) is 9.99. The third-order valence-electron chi connectivity index (χ3n) is 12.3. The van der Waals surface area contributed by atoms with Gasteiger partial charge < -0.3 is 4.42 Å². The molecule has 0 N–H and O–H groups in total. The summed E-state index contributed by atoms with van der Waals surface area (Å²) in [6.07, 6.45) is 0. The molecule has 2 aliphatic rings. The van der Waals surface area contributed by atoms with Crippen LogP contribution in [0.4, 0.5) is 0 Å². The number of aromatic nitrogens is 4. The SMILES string of the molecule is c1ccc(-c2nc(-c3cccc4c3oc3ccccc34)nc(-n3c4ccccc4c4cc5c(cc43)C3(c4ccccc4-c4ccccc43)c3ccccc3-5)n2)cc1. The Morgan fingerprint density at radius 1 is 0.386 bits per heavy atom. The molecular formula is C52H30N4O. The monoisotopic (exact) mass is 726 g/mol. The van der Waals surface area contributed by atoms with Crippen LogP contribution in [0.15, 0.2) is 186 Å². The van der Waals surface area contributed by atoms with Crippen molar-refractivity contribution in [3.05, 3.63) is 204 Å². The second-order valence-electron chi connectivity index (χ2n) is 15.1. The Kier molecular flexibility index (Phi) is 6.04. The molecule has 0 saturated heterocycles. The summed E-state index contributed by atoms with van der Waals surface area (Å²) in [6.45, 7) is 0. The topological polar surface area (TPSA) is 56.7 Å². The summed E-state index contributed by atoms with van der Waals surface area (Å²) in [5, 5.41) is 4.39. The lowest BCUT2D eigenvalue weighted by Gasteiger charge is -2.30. The molecule has 1 spiro atoms. The van der Waals surface area contributed by atoms with Gasteiger partial charge in [0.25, 0.3) is 0 Å². The van der Waals surface area contributed by atoms with Gasteiger partial charge >= 0.3 is 0 Å². The van der Waals surface area contributed by atoms with Gasteiger partial charge in [-0.25, -0.2) is 4.98 Å². The van der Waals surface area contributed by atoms with Crippen molar-refractivity contribution in [1.29, 1.82) is 0 Å². The molecular weight excluding hydrogens is 697 g/mol. The van der Waals surface area contributed by atoms with Crippen LogP contribution >= 0.6 is 0 Å². The van der Waals surface area contributed by atoms with Gasteiger partial charge in [-0.15, -0.1) is 0 Å². The zero-order valence-corrected chi connectivity index (χ0v) is 30.5. The normalized spacial score (nSPS) is 13.4. The summed E-state index contributed by atoms with van der Waals surface area (Å²) in [7, 11) is 0. The van der Waals surface area contributed by atoms with E-state index in [0.717, 1.165) is 54.9 Å². The Labute approximate surface area is 327 Å². The zero-order valence-electron chi connectivity index (χ0n) is 30.5. The standard InChI is InChI=1S/C52H30N4O/c1-2-15-31(16-3-1)49-53-50(38-23-14-22-37-36-21-8-13-28-47(36)57-48(37)38)55-51(54-49)56-45-27-12-7-20-35(45)40-29-39-34-19-6-11-26-43(34)52(44(39)30-46(40)56)41-24-9-4-17-32(41)33-18-5-10-25-42(33)52/h1-30H. The van der Waals surface area contributed by atoms with Crippen LogP contribution in [-0.4, -0.2) is 19.5 Å². The largest absolute Gasteiger partial charge is 0.455 e. The number of nitrogens with zero attached hydrogens (tertiary/aromatic N) is 4. The first-order chi connectivity index (χ1) is 28.3. The molecule has 0 unspecified atom stereocenters. The van der Waals surface area contributed by atoms with Gasteiger partial charge in [0.2, 0.25) is 5.95 Å². The zero-order chi connectivity index (χ0) is 37.2. The quantitative estimate of drug-likeness (QED) is 0.182. The van der Waals surface area contributed by atoms with Crippen molar-refractivity contribution in [3.8, 4) is 51.0 Å². The molecule has 3 aromatic heterocycles. The van der Waals surface area contributed by atoms with Gasteiger partial charge in [-0.3, -0.25) is 4.57 Å². The van der Waals surface area contributed by atoms with Gasteiger partial charge in [-0.1, -0.05) is 152 Å². The molecule has 0 aliphatic heterocycles. The van der Waals surface area contributed by atoms with E-state index in [9.17, 15) is 0 Å². The predicted molar refractivity (Wildman–Crippen MR) is 229 cm³/mol. The molecule has 0 bridgehead atoms. The number of fused-ring (bicyclic) bond motifs is 16. The number of para-hydroxylation sites is 3. The van der Waals surface area contributed by atoms with Crippen LogP contribution in [0, 0.1) is 0 Å². The maximum absolute atomic E-state index is 6.54. The Hall–Kier alpha value is -7.63. The summed E-state index contributed by atoms with van der Waals surface area (Å²) >= 11 is 0. The van der Waals surface area contributed by atoms with Crippen LogP contribution in [0.3, 0.4) is 0 Å². The molecule has 0 saturated carbocycles. The minimum absolute atomic E-state index is 0.481. The van der Waals surface area contributed by atoms with Crippen molar-refractivity contribution in [2.45, 2.75) is 5.41 Å². The molecule has 0 fully saturated rings. The van der Waals surface area contributed by atoms with Crippen LogP contribution < -0.4 is 0 Å². The highest BCUT2D eigenvalue weighted by Crippen LogP contribution is 2.63. The molecule has 0 radical (unpaired) electrons.